The Morgan fingerprint density at radius 2 is 2.06 bits per heavy atom. The van der Waals surface area contributed by atoms with Crippen molar-refractivity contribution in [3.8, 4) is 11.5 Å². The minimum Gasteiger partial charge on any atom is -0.497 e. The number of halogens is 1. The average Bonchev–Trinajstić information content (AvgIpc) is 2.36. The van der Waals surface area contributed by atoms with Crippen LogP contribution in [-0.2, 0) is 11.2 Å². The molecule has 0 aliphatic heterocycles. The molecule has 0 saturated heterocycles. The molecule has 0 atom stereocenters. The normalized spacial score (nSPS) is 10.1. The van der Waals surface area contributed by atoms with Gasteiger partial charge in [-0.05, 0) is 12.5 Å². The highest BCUT2D eigenvalue weighted by molar-refractivity contribution is 6.17. The highest BCUT2D eigenvalue weighted by Gasteiger charge is 2.09. The van der Waals surface area contributed by atoms with Crippen LogP contribution in [0.5, 0.6) is 11.5 Å². The average molecular weight is 257 g/mol. The fourth-order valence-corrected chi connectivity index (χ4v) is 1.70. The van der Waals surface area contributed by atoms with Gasteiger partial charge in [0.1, 0.15) is 17.3 Å². The Bertz CT molecular complexity index is 377. The van der Waals surface area contributed by atoms with Gasteiger partial charge in [0.05, 0.1) is 14.2 Å². The van der Waals surface area contributed by atoms with E-state index < -0.39 is 0 Å². The van der Waals surface area contributed by atoms with E-state index in [0.717, 1.165) is 17.7 Å². The summed E-state index contributed by atoms with van der Waals surface area (Å²) in [6.07, 6.45) is 1.61. The Labute approximate surface area is 107 Å². The van der Waals surface area contributed by atoms with E-state index in [0.29, 0.717) is 24.5 Å². The molecule has 0 aliphatic rings. The molecule has 17 heavy (non-hydrogen) atoms. The number of rotatable bonds is 7. The SMILES string of the molecule is COc1ccc(CC(=O)CCCCl)c(OC)c1. The lowest BCUT2D eigenvalue weighted by Gasteiger charge is -2.09. The summed E-state index contributed by atoms with van der Waals surface area (Å²) in [6, 6.07) is 5.47. The maximum atomic E-state index is 11.6. The van der Waals surface area contributed by atoms with Crippen molar-refractivity contribution in [3.63, 3.8) is 0 Å². The molecule has 0 N–H and O–H groups in total. The summed E-state index contributed by atoms with van der Waals surface area (Å²) in [5, 5.41) is 0. The predicted octanol–water partition coefficient (Wildman–Crippen LogP) is 2.83. The molecule has 0 fully saturated rings. The van der Waals surface area contributed by atoms with Crippen LogP contribution in [0.2, 0.25) is 0 Å². The van der Waals surface area contributed by atoms with Gasteiger partial charge >= 0.3 is 0 Å². The van der Waals surface area contributed by atoms with Crippen molar-refractivity contribution in [2.24, 2.45) is 0 Å². The van der Waals surface area contributed by atoms with Crippen molar-refractivity contribution >= 4 is 17.4 Å². The summed E-state index contributed by atoms with van der Waals surface area (Å²) in [6.45, 7) is 0. The fraction of sp³-hybridized carbons (Fsp3) is 0.462. The molecular formula is C13H17ClO3. The first kappa shape index (κ1) is 13.8. The van der Waals surface area contributed by atoms with Gasteiger partial charge in [-0.1, -0.05) is 6.07 Å². The van der Waals surface area contributed by atoms with Gasteiger partial charge in [0.2, 0.25) is 0 Å². The molecule has 1 rings (SSSR count). The molecule has 0 unspecified atom stereocenters. The summed E-state index contributed by atoms with van der Waals surface area (Å²) < 4.78 is 10.3. The van der Waals surface area contributed by atoms with Gasteiger partial charge in [-0.3, -0.25) is 4.79 Å². The van der Waals surface area contributed by atoms with E-state index in [1.54, 1.807) is 20.3 Å². The van der Waals surface area contributed by atoms with E-state index in [4.69, 9.17) is 21.1 Å². The van der Waals surface area contributed by atoms with Crippen molar-refractivity contribution in [2.75, 3.05) is 20.1 Å². The van der Waals surface area contributed by atoms with Crippen molar-refractivity contribution in [1.29, 1.82) is 0 Å². The fourth-order valence-electron chi connectivity index (χ4n) is 1.56. The third-order valence-electron chi connectivity index (χ3n) is 2.47. The number of benzene rings is 1. The molecule has 1 aromatic carbocycles. The van der Waals surface area contributed by atoms with E-state index in [9.17, 15) is 4.79 Å². The number of methoxy groups -OCH3 is 2. The minimum absolute atomic E-state index is 0.175. The van der Waals surface area contributed by atoms with E-state index in [-0.39, 0.29) is 5.78 Å². The molecular weight excluding hydrogens is 240 g/mol. The molecule has 0 heterocycles. The van der Waals surface area contributed by atoms with Gasteiger partial charge in [0, 0.05) is 30.4 Å². The van der Waals surface area contributed by atoms with Crippen LogP contribution in [0.3, 0.4) is 0 Å². The van der Waals surface area contributed by atoms with Crippen LogP contribution >= 0.6 is 11.6 Å². The van der Waals surface area contributed by atoms with Crippen LogP contribution in [0.4, 0.5) is 0 Å². The van der Waals surface area contributed by atoms with E-state index >= 15 is 0 Å². The first-order valence-corrected chi connectivity index (χ1v) is 6.03. The van der Waals surface area contributed by atoms with Crippen molar-refractivity contribution in [2.45, 2.75) is 19.3 Å². The summed E-state index contributed by atoms with van der Waals surface area (Å²) in [7, 11) is 3.18. The Kier molecular flexibility index (Phi) is 5.84. The highest BCUT2D eigenvalue weighted by atomic mass is 35.5. The maximum Gasteiger partial charge on any atom is 0.137 e. The van der Waals surface area contributed by atoms with E-state index in [1.165, 1.54) is 0 Å². The number of alkyl halides is 1. The lowest BCUT2D eigenvalue weighted by atomic mass is 10.0. The second kappa shape index (κ2) is 7.17. The number of carbonyl (C=O) groups excluding carboxylic acids is 1. The van der Waals surface area contributed by atoms with Crippen LogP contribution in [0.25, 0.3) is 0 Å². The van der Waals surface area contributed by atoms with Crippen LogP contribution in [0, 0.1) is 0 Å². The van der Waals surface area contributed by atoms with Crippen LogP contribution in [-0.4, -0.2) is 25.9 Å². The molecule has 0 amide bonds. The molecule has 3 nitrogen and oxygen atoms in total. The molecule has 94 valence electrons. The zero-order valence-electron chi connectivity index (χ0n) is 10.2. The molecule has 0 aromatic heterocycles. The maximum absolute atomic E-state index is 11.6. The smallest absolute Gasteiger partial charge is 0.137 e. The van der Waals surface area contributed by atoms with Gasteiger partial charge in [-0.15, -0.1) is 11.6 Å². The van der Waals surface area contributed by atoms with Gasteiger partial charge in [0.25, 0.3) is 0 Å². The lowest BCUT2D eigenvalue weighted by Crippen LogP contribution is -2.04. The van der Waals surface area contributed by atoms with Gasteiger partial charge in [-0.25, -0.2) is 0 Å². The van der Waals surface area contributed by atoms with Crippen LogP contribution < -0.4 is 9.47 Å². The predicted molar refractivity (Wildman–Crippen MR) is 68.2 cm³/mol. The van der Waals surface area contributed by atoms with Gasteiger partial charge in [-0.2, -0.15) is 0 Å². The zero-order chi connectivity index (χ0) is 12.7. The number of carbonyl (C=O) groups is 1. The van der Waals surface area contributed by atoms with Gasteiger partial charge in [0.15, 0.2) is 0 Å². The Morgan fingerprint density at radius 1 is 1.29 bits per heavy atom. The van der Waals surface area contributed by atoms with E-state index in [1.807, 2.05) is 12.1 Å². The summed E-state index contributed by atoms with van der Waals surface area (Å²) in [4.78, 5) is 11.6. The highest BCUT2D eigenvalue weighted by Crippen LogP contribution is 2.25. The monoisotopic (exact) mass is 256 g/mol. The number of hydrogen-bond donors (Lipinski definition) is 0. The molecule has 0 bridgehead atoms. The molecule has 0 saturated carbocycles. The quantitative estimate of drug-likeness (QED) is 0.704. The molecule has 0 aliphatic carbocycles. The lowest BCUT2D eigenvalue weighted by molar-refractivity contribution is -0.118. The van der Waals surface area contributed by atoms with Gasteiger partial charge < -0.3 is 9.47 Å². The second-order valence-electron chi connectivity index (χ2n) is 3.69. The van der Waals surface area contributed by atoms with Crippen molar-refractivity contribution in [1.82, 2.24) is 0 Å². The number of ketones is 1. The Hall–Kier alpha value is -1.22. The van der Waals surface area contributed by atoms with Crippen molar-refractivity contribution in [3.05, 3.63) is 23.8 Å². The Balaban J connectivity index is 2.73. The first-order chi connectivity index (χ1) is 8.21. The molecule has 4 heteroatoms. The zero-order valence-corrected chi connectivity index (χ0v) is 10.9. The molecule has 0 radical (unpaired) electrons. The molecule has 0 spiro atoms. The topological polar surface area (TPSA) is 35.5 Å². The first-order valence-electron chi connectivity index (χ1n) is 5.49. The van der Waals surface area contributed by atoms with E-state index in [2.05, 4.69) is 0 Å². The third-order valence-corrected chi connectivity index (χ3v) is 2.74. The van der Waals surface area contributed by atoms with Crippen LogP contribution in [0.15, 0.2) is 18.2 Å². The summed E-state index contributed by atoms with van der Waals surface area (Å²) >= 11 is 5.55. The molecule has 1 aromatic rings. The second-order valence-corrected chi connectivity index (χ2v) is 4.06. The van der Waals surface area contributed by atoms with Crippen LogP contribution in [0.1, 0.15) is 18.4 Å². The third kappa shape index (κ3) is 4.27. The summed E-state index contributed by atoms with van der Waals surface area (Å²) in [5.41, 5.74) is 0.882. The number of Topliss-reactive ketones (excluding diaryl/α,β-unsaturated/α-hetero) is 1. The standard InChI is InChI=1S/C13H17ClO3/c1-16-12-6-5-10(13(9-12)17-2)8-11(15)4-3-7-14/h5-6,9H,3-4,7-8H2,1-2H3. The summed E-state index contributed by atoms with van der Waals surface area (Å²) in [5.74, 6) is 2.10. The minimum atomic E-state index is 0.175. The number of ether oxygens (including phenoxy) is 2. The largest absolute Gasteiger partial charge is 0.497 e. The number of hydrogen-bond acceptors (Lipinski definition) is 3. The van der Waals surface area contributed by atoms with Crippen molar-refractivity contribution < 1.29 is 14.3 Å². The Morgan fingerprint density at radius 3 is 2.65 bits per heavy atom.